The van der Waals surface area contributed by atoms with Crippen LogP contribution in [0.15, 0.2) is 47.5 Å². The molecule has 0 aromatic heterocycles. The van der Waals surface area contributed by atoms with E-state index >= 15 is 0 Å². The summed E-state index contributed by atoms with van der Waals surface area (Å²) < 4.78 is 39.7. The third-order valence-electron chi connectivity index (χ3n) is 3.07. The molecule has 1 aliphatic rings. The molecule has 19 heavy (non-hydrogen) atoms. The van der Waals surface area contributed by atoms with Crippen LogP contribution in [0, 0.1) is 5.41 Å². The zero-order valence-corrected chi connectivity index (χ0v) is 9.93. The zero-order valence-electron chi connectivity index (χ0n) is 9.93. The highest BCUT2D eigenvalue weighted by molar-refractivity contribution is 5.73. The fourth-order valence-corrected chi connectivity index (χ4v) is 1.91. The Bertz CT molecular complexity index is 484. The third kappa shape index (κ3) is 2.49. The summed E-state index contributed by atoms with van der Waals surface area (Å²) in [4.78, 5) is 3.81. The summed E-state index contributed by atoms with van der Waals surface area (Å²) in [6, 6.07) is 8.47. The minimum atomic E-state index is -4.59. The number of aliphatic hydroxyl groups is 1. The Kier molecular flexibility index (Phi) is 3.61. The number of benzene rings is 1. The fourth-order valence-electron chi connectivity index (χ4n) is 1.91. The number of aliphatic imine (C=N–C) groups is 1. The monoisotopic (exact) mass is 270 g/mol. The molecule has 1 heterocycles. The van der Waals surface area contributed by atoms with Gasteiger partial charge in [-0.1, -0.05) is 24.3 Å². The van der Waals surface area contributed by atoms with Crippen LogP contribution in [-0.2, 0) is 0 Å². The highest BCUT2D eigenvalue weighted by Crippen LogP contribution is 2.44. The van der Waals surface area contributed by atoms with Gasteiger partial charge in [-0.15, -0.1) is 0 Å². The Balaban J connectivity index is 2.32. The van der Waals surface area contributed by atoms with E-state index < -0.39 is 24.4 Å². The van der Waals surface area contributed by atoms with Gasteiger partial charge in [0, 0.05) is 11.9 Å². The number of hydrogen-bond donors (Lipinski definition) is 2. The first kappa shape index (κ1) is 13.6. The smallest absolute Gasteiger partial charge is 0.395 e. The first-order chi connectivity index (χ1) is 8.99. The number of nitrogens with zero attached hydrogens (tertiary/aromatic N) is 1. The number of anilines is 1. The maximum Gasteiger partial charge on any atom is 0.403 e. The summed E-state index contributed by atoms with van der Waals surface area (Å²) in [7, 11) is 0. The quantitative estimate of drug-likeness (QED) is 0.886. The van der Waals surface area contributed by atoms with E-state index in [9.17, 15) is 18.3 Å². The number of allylic oxidation sites excluding steroid dienone is 1. The predicted molar refractivity (Wildman–Crippen MR) is 67.1 cm³/mol. The Morgan fingerprint density at radius 2 is 1.95 bits per heavy atom. The molecule has 0 radical (unpaired) electrons. The molecule has 1 aromatic carbocycles. The standard InChI is InChI=1S/C13H13F3N2O/c14-13(15,16)12(9-19)7-4-8-17-11(12)18-10-5-2-1-3-6-10/h1-8,11,18-19H,9H2. The van der Waals surface area contributed by atoms with Crippen molar-refractivity contribution in [2.75, 3.05) is 11.9 Å². The molecule has 102 valence electrons. The lowest BCUT2D eigenvalue weighted by molar-refractivity contribution is -0.221. The predicted octanol–water partition coefficient (Wildman–Crippen LogP) is 2.61. The molecule has 2 N–H and O–H groups in total. The van der Waals surface area contributed by atoms with Gasteiger partial charge in [-0.3, -0.25) is 4.99 Å². The second-order valence-corrected chi connectivity index (χ2v) is 4.27. The van der Waals surface area contributed by atoms with Crippen molar-refractivity contribution < 1.29 is 18.3 Å². The van der Waals surface area contributed by atoms with E-state index in [1.54, 1.807) is 30.3 Å². The minimum Gasteiger partial charge on any atom is -0.395 e. The summed E-state index contributed by atoms with van der Waals surface area (Å²) in [5.41, 5.74) is -1.89. The molecule has 1 aromatic rings. The summed E-state index contributed by atoms with van der Waals surface area (Å²) >= 11 is 0. The van der Waals surface area contributed by atoms with Crippen molar-refractivity contribution in [1.82, 2.24) is 0 Å². The molecule has 1 aliphatic heterocycles. The van der Waals surface area contributed by atoms with Crippen LogP contribution < -0.4 is 5.32 Å². The molecule has 0 amide bonds. The van der Waals surface area contributed by atoms with Crippen molar-refractivity contribution in [3.05, 3.63) is 42.5 Å². The molecule has 0 saturated carbocycles. The number of nitrogens with one attached hydrogen (secondary N) is 1. The van der Waals surface area contributed by atoms with E-state index in [1.165, 1.54) is 12.3 Å². The number of aliphatic hydroxyl groups excluding tert-OH is 1. The van der Waals surface area contributed by atoms with Crippen LogP contribution in [0.3, 0.4) is 0 Å². The van der Waals surface area contributed by atoms with E-state index in [0.717, 1.165) is 6.08 Å². The molecule has 3 nitrogen and oxygen atoms in total. The van der Waals surface area contributed by atoms with Gasteiger partial charge in [0.25, 0.3) is 0 Å². The maximum atomic E-state index is 13.2. The van der Waals surface area contributed by atoms with E-state index in [-0.39, 0.29) is 0 Å². The first-order valence-corrected chi connectivity index (χ1v) is 5.70. The fraction of sp³-hybridized carbons (Fsp3) is 0.308. The van der Waals surface area contributed by atoms with Crippen LogP contribution in [-0.4, -0.2) is 30.3 Å². The van der Waals surface area contributed by atoms with Gasteiger partial charge in [-0.2, -0.15) is 13.2 Å². The molecule has 2 rings (SSSR count). The topological polar surface area (TPSA) is 44.6 Å². The van der Waals surface area contributed by atoms with Crippen molar-refractivity contribution >= 4 is 11.9 Å². The van der Waals surface area contributed by atoms with E-state index in [4.69, 9.17) is 0 Å². The second-order valence-electron chi connectivity index (χ2n) is 4.27. The van der Waals surface area contributed by atoms with E-state index in [0.29, 0.717) is 5.69 Å². The number of rotatable bonds is 3. The molecule has 0 saturated heterocycles. The number of para-hydroxylation sites is 1. The van der Waals surface area contributed by atoms with Gasteiger partial charge >= 0.3 is 6.18 Å². The minimum absolute atomic E-state index is 0.516. The molecule has 0 spiro atoms. The van der Waals surface area contributed by atoms with Crippen LogP contribution in [0.2, 0.25) is 0 Å². The van der Waals surface area contributed by atoms with Gasteiger partial charge < -0.3 is 10.4 Å². The van der Waals surface area contributed by atoms with Gasteiger partial charge in [0.2, 0.25) is 0 Å². The Labute approximate surface area is 108 Å². The lowest BCUT2D eigenvalue weighted by Gasteiger charge is -2.38. The number of hydrogen-bond acceptors (Lipinski definition) is 3. The van der Waals surface area contributed by atoms with E-state index in [2.05, 4.69) is 10.3 Å². The first-order valence-electron chi connectivity index (χ1n) is 5.70. The third-order valence-corrected chi connectivity index (χ3v) is 3.07. The van der Waals surface area contributed by atoms with Crippen LogP contribution >= 0.6 is 0 Å². The Hall–Kier alpha value is -1.82. The average Bonchev–Trinajstić information content (AvgIpc) is 2.39. The summed E-state index contributed by atoms with van der Waals surface area (Å²) in [6.07, 6.45) is -2.44. The summed E-state index contributed by atoms with van der Waals surface area (Å²) in [5.74, 6) is 0. The van der Waals surface area contributed by atoms with Crippen LogP contribution in [0.25, 0.3) is 0 Å². The largest absolute Gasteiger partial charge is 0.403 e. The molecule has 0 aliphatic carbocycles. The molecule has 2 unspecified atom stereocenters. The Morgan fingerprint density at radius 1 is 1.26 bits per heavy atom. The maximum absolute atomic E-state index is 13.2. The molecule has 2 atom stereocenters. The van der Waals surface area contributed by atoms with Crippen LogP contribution in [0.5, 0.6) is 0 Å². The van der Waals surface area contributed by atoms with Gasteiger partial charge in [0.05, 0.1) is 6.61 Å². The van der Waals surface area contributed by atoms with Crippen LogP contribution in [0.1, 0.15) is 0 Å². The van der Waals surface area contributed by atoms with E-state index in [1.807, 2.05) is 0 Å². The van der Waals surface area contributed by atoms with Crippen molar-refractivity contribution in [3.63, 3.8) is 0 Å². The number of alkyl halides is 3. The normalized spacial score (nSPS) is 26.4. The van der Waals surface area contributed by atoms with Crippen molar-refractivity contribution in [2.45, 2.75) is 12.3 Å². The molecular formula is C13H13F3N2O. The lowest BCUT2D eigenvalue weighted by Crippen LogP contribution is -2.52. The highest BCUT2D eigenvalue weighted by Gasteiger charge is 2.58. The zero-order chi connectivity index (χ0) is 13.9. The SMILES string of the molecule is OCC1(C(F)(F)F)C=CC=NC1Nc1ccccc1. The molecule has 0 bridgehead atoms. The van der Waals surface area contributed by atoms with Gasteiger partial charge in [-0.25, -0.2) is 0 Å². The van der Waals surface area contributed by atoms with Crippen molar-refractivity contribution in [2.24, 2.45) is 10.4 Å². The highest BCUT2D eigenvalue weighted by atomic mass is 19.4. The second kappa shape index (κ2) is 5.05. The number of halogens is 3. The van der Waals surface area contributed by atoms with Crippen molar-refractivity contribution in [1.29, 1.82) is 0 Å². The average molecular weight is 270 g/mol. The van der Waals surface area contributed by atoms with Crippen molar-refractivity contribution in [3.8, 4) is 0 Å². The molecular weight excluding hydrogens is 257 g/mol. The molecule has 6 heteroatoms. The summed E-state index contributed by atoms with van der Waals surface area (Å²) in [5, 5.41) is 11.9. The summed E-state index contributed by atoms with van der Waals surface area (Å²) in [6.45, 7) is -1.06. The van der Waals surface area contributed by atoms with Gasteiger partial charge in [0.15, 0.2) is 0 Å². The van der Waals surface area contributed by atoms with Crippen LogP contribution in [0.4, 0.5) is 18.9 Å². The van der Waals surface area contributed by atoms with Gasteiger partial charge in [0.1, 0.15) is 11.6 Å². The Morgan fingerprint density at radius 3 is 2.53 bits per heavy atom. The van der Waals surface area contributed by atoms with Gasteiger partial charge in [-0.05, 0) is 18.2 Å². The molecule has 0 fully saturated rings. The lowest BCUT2D eigenvalue weighted by atomic mass is 9.82. The number of dihydropyridines is 1.